The normalized spacial score (nSPS) is 14.6. The van der Waals surface area contributed by atoms with Crippen LogP contribution in [0.1, 0.15) is 50.3 Å². The number of unbranched alkanes of at least 4 members (excludes halogenated alkanes) is 1. The van der Waals surface area contributed by atoms with E-state index in [4.69, 9.17) is 0 Å². The zero-order chi connectivity index (χ0) is 12.8. The fourth-order valence-corrected chi connectivity index (χ4v) is 2.42. The zero-order valence-electron chi connectivity index (χ0n) is 11.4. The first-order valence-electron chi connectivity index (χ1n) is 6.52. The van der Waals surface area contributed by atoms with Gasteiger partial charge in [-0.2, -0.15) is 0 Å². The Bertz CT molecular complexity index is 329. The molecule has 0 saturated carbocycles. The lowest BCUT2D eigenvalue weighted by atomic mass is 9.90. The maximum atomic E-state index is 13.4. The third-order valence-electron chi connectivity index (χ3n) is 3.32. The highest BCUT2D eigenvalue weighted by Gasteiger charge is 2.17. The summed E-state index contributed by atoms with van der Waals surface area (Å²) in [5.41, 5.74) is 2.05. The second kappa shape index (κ2) is 6.75. The van der Waals surface area contributed by atoms with Crippen LogP contribution in [0.15, 0.2) is 18.2 Å². The van der Waals surface area contributed by atoms with Gasteiger partial charge in [-0.1, -0.05) is 32.8 Å². The van der Waals surface area contributed by atoms with Crippen LogP contribution >= 0.6 is 0 Å². The van der Waals surface area contributed by atoms with E-state index in [9.17, 15) is 4.39 Å². The maximum absolute atomic E-state index is 13.4. The van der Waals surface area contributed by atoms with Gasteiger partial charge < -0.3 is 5.32 Å². The maximum Gasteiger partial charge on any atom is 0.123 e. The second-order valence-corrected chi connectivity index (χ2v) is 4.95. The average molecular weight is 237 g/mol. The monoisotopic (exact) mass is 237 g/mol. The van der Waals surface area contributed by atoms with E-state index in [0.29, 0.717) is 5.92 Å². The van der Waals surface area contributed by atoms with Crippen LogP contribution in [0.2, 0.25) is 0 Å². The van der Waals surface area contributed by atoms with Crippen molar-refractivity contribution in [3.63, 3.8) is 0 Å². The van der Waals surface area contributed by atoms with E-state index in [0.717, 1.165) is 11.1 Å². The van der Waals surface area contributed by atoms with E-state index in [1.807, 2.05) is 14.0 Å². The molecule has 0 aromatic heterocycles. The van der Waals surface area contributed by atoms with Crippen LogP contribution in [0.3, 0.4) is 0 Å². The first-order chi connectivity index (χ1) is 8.08. The molecular formula is C15H24FN. The molecule has 1 aromatic rings. The number of hydrogen-bond acceptors (Lipinski definition) is 1. The van der Waals surface area contributed by atoms with Crippen molar-refractivity contribution in [3.8, 4) is 0 Å². The molecule has 0 spiro atoms. The summed E-state index contributed by atoms with van der Waals surface area (Å²) in [5.74, 6) is 0.393. The van der Waals surface area contributed by atoms with Crippen LogP contribution < -0.4 is 5.32 Å². The molecule has 0 amide bonds. The second-order valence-electron chi connectivity index (χ2n) is 4.95. The van der Waals surface area contributed by atoms with Crippen molar-refractivity contribution in [1.82, 2.24) is 5.32 Å². The van der Waals surface area contributed by atoms with Gasteiger partial charge in [0.1, 0.15) is 5.82 Å². The largest absolute Gasteiger partial charge is 0.313 e. The van der Waals surface area contributed by atoms with Crippen LogP contribution in [0.5, 0.6) is 0 Å². The van der Waals surface area contributed by atoms with Gasteiger partial charge in [0.25, 0.3) is 0 Å². The van der Waals surface area contributed by atoms with Gasteiger partial charge in [0.15, 0.2) is 0 Å². The van der Waals surface area contributed by atoms with E-state index < -0.39 is 0 Å². The van der Waals surface area contributed by atoms with Gasteiger partial charge in [-0.15, -0.1) is 0 Å². The molecule has 2 heteroatoms. The molecule has 0 radical (unpaired) electrons. The molecule has 0 heterocycles. The Morgan fingerprint density at radius 3 is 2.53 bits per heavy atom. The van der Waals surface area contributed by atoms with Crippen LogP contribution in [-0.4, -0.2) is 7.05 Å². The Hall–Kier alpha value is -0.890. The van der Waals surface area contributed by atoms with Crippen LogP contribution in [-0.2, 0) is 0 Å². The average Bonchev–Trinajstić information content (AvgIpc) is 2.26. The molecule has 1 N–H and O–H groups in total. The van der Waals surface area contributed by atoms with Gasteiger partial charge >= 0.3 is 0 Å². The quantitative estimate of drug-likeness (QED) is 0.781. The van der Waals surface area contributed by atoms with Crippen LogP contribution in [0.4, 0.5) is 4.39 Å². The minimum absolute atomic E-state index is 0.136. The Morgan fingerprint density at radius 1 is 1.29 bits per heavy atom. The van der Waals surface area contributed by atoms with Gasteiger partial charge in [-0.05, 0) is 49.6 Å². The van der Waals surface area contributed by atoms with E-state index in [1.54, 1.807) is 12.1 Å². The molecule has 0 aliphatic carbocycles. The molecule has 1 aromatic carbocycles. The van der Waals surface area contributed by atoms with Gasteiger partial charge in [-0.25, -0.2) is 4.39 Å². The lowest BCUT2D eigenvalue weighted by Crippen LogP contribution is -2.23. The topological polar surface area (TPSA) is 12.0 Å². The van der Waals surface area contributed by atoms with E-state index >= 15 is 0 Å². The summed E-state index contributed by atoms with van der Waals surface area (Å²) < 4.78 is 13.4. The first-order valence-corrected chi connectivity index (χ1v) is 6.52. The Balaban J connectivity index is 2.84. The fraction of sp³-hybridized carbons (Fsp3) is 0.600. The van der Waals surface area contributed by atoms with Crippen molar-refractivity contribution >= 4 is 0 Å². The third kappa shape index (κ3) is 4.12. The van der Waals surface area contributed by atoms with E-state index in [-0.39, 0.29) is 11.9 Å². The molecule has 1 nitrogen and oxygen atoms in total. The number of hydrogen-bond donors (Lipinski definition) is 1. The summed E-state index contributed by atoms with van der Waals surface area (Å²) >= 11 is 0. The number of halogens is 1. The standard InChI is InChI=1S/C15H24FN/c1-5-6-7-12(3)15(17-4)13-8-11(2)9-14(16)10-13/h8-10,12,15,17H,5-7H2,1-4H3. The smallest absolute Gasteiger partial charge is 0.123 e. The lowest BCUT2D eigenvalue weighted by molar-refractivity contribution is 0.375. The van der Waals surface area contributed by atoms with E-state index in [2.05, 4.69) is 25.2 Å². The third-order valence-corrected chi connectivity index (χ3v) is 3.32. The molecule has 1 rings (SSSR count). The molecule has 0 aliphatic heterocycles. The zero-order valence-corrected chi connectivity index (χ0v) is 11.4. The van der Waals surface area contributed by atoms with Gasteiger partial charge in [0.2, 0.25) is 0 Å². The van der Waals surface area contributed by atoms with Gasteiger partial charge in [-0.3, -0.25) is 0 Å². The highest BCUT2D eigenvalue weighted by molar-refractivity contribution is 5.26. The summed E-state index contributed by atoms with van der Waals surface area (Å²) in [6.45, 7) is 6.38. The number of benzene rings is 1. The molecule has 96 valence electrons. The van der Waals surface area contributed by atoms with Crippen molar-refractivity contribution in [2.45, 2.75) is 46.1 Å². The highest BCUT2D eigenvalue weighted by Crippen LogP contribution is 2.27. The van der Waals surface area contributed by atoms with E-state index in [1.165, 1.54) is 19.3 Å². The molecule has 0 aliphatic rings. The van der Waals surface area contributed by atoms with Crippen molar-refractivity contribution in [3.05, 3.63) is 35.1 Å². The van der Waals surface area contributed by atoms with Crippen LogP contribution in [0, 0.1) is 18.7 Å². The van der Waals surface area contributed by atoms with Crippen molar-refractivity contribution in [2.24, 2.45) is 5.92 Å². The summed E-state index contributed by atoms with van der Waals surface area (Å²) in [6.07, 6.45) is 3.62. The summed E-state index contributed by atoms with van der Waals surface area (Å²) in [5, 5.41) is 3.31. The molecule has 17 heavy (non-hydrogen) atoms. The molecular weight excluding hydrogens is 213 g/mol. The fourth-order valence-electron chi connectivity index (χ4n) is 2.42. The SMILES string of the molecule is CCCCC(C)C(NC)c1cc(C)cc(F)c1. The molecule has 0 saturated heterocycles. The predicted octanol–water partition coefficient (Wildman–Crippen LogP) is 4.22. The summed E-state index contributed by atoms with van der Waals surface area (Å²) in [6, 6.07) is 5.55. The lowest BCUT2D eigenvalue weighted by Gasteiger charge is -2.24. The van der Waals surface area contributed by atoms with Crippen molar-refractivity contribution in [1.29, 1.82) is 0 Å². The Kier molecular flexibility index (Phi) is 5.63. The molecule has 0 bridgehead atoms. The van der Waals surface area contributed by atoms with Crippen molar-refractivity contribution in [2.75, 3.05) is 7.05 Å². The number of nitrogens with one attached hydrogen (secondary N) is 1. The highest BCUT2D eigenvalue weighted by atomic mass is 19.1. The summed E-state index contributed by atoms with van der Waals surface area (Å²) in [7, 11) is 1.95. The van der Waals surface area contributed by atoms with Gasteiger partial charge in [0.05, 0.1) is 0 Å². The summed E-state index contributed by atoms with van der Waals surface area (Å²) in [4.78, 5) is 0. The number of aryl methyl sites for hydroxylation is 1. The van der Waals surface area contributed by atoms with Crippen LogP contribution in [0.25, 0.3) is 0 Å². The molecule has 2 unspecified atom stereocenters. The minimum Gasteiger partial charge on any atom is -0.313 e. The van der Waals surface area contributed by atoms with Crippen molar-refractivity contribution < 1.29 is 4.39 Å². The first kappa shape index (κ1) is 14.2. The number of rotatable bonds is 6. The molecule has 2 atom stereocenters. The van der Waals surface area contributed by atoms with Gasteiger partial charge in [0, 0.05) is 6.04 Å². The minimum atomic E-state index is -0.136. The predicted molar refractivity (Wildman–Crippen MR) is 71.6 cm³/mol. The Labute approximate surface area is 104 Å². The Morgan fingerprint density at radius 2 is 2.00 bits per heavy atom. The molecule has 0 fully saturated rings.